The topological polar surface area (TPSA) is 20.3 Å². The van der Waals surface area contributed by atoms with Gasteiger partial charge < -0.3 is 4.90 Å². The summed E-state index contributed by atoms with van der Waals surface area (Å²) in [6, 6.07) is 5.64. The zero-order valence-electron chi connectivity index (χ0n) is 9.83. The molecule has 1 fully saturated rings. The van der Waals surface area contributed by atoms with Crippen LogP contribution in [0.2, 0.25) is 5.02 Å². The lowest BCUT2D eigenvalue weighted by molar-refractivity contribution is 0.0642. The molecule has 1 aliphatic rings. The Morgan fingerprint density at radius 1 is 1.39 bits per heavy atom. The Kier molecular flexibility index (Phi) is 5.10. The van der Waals surface area contributed by atoms with Gasteiger partial charge in [-0.3, -0.25) is 4.79 Å². The number of likely N-dealkylation sites (tertiary alicyclic amines) is 1. The number of carbonyl (C=O) groups excluding carboxylic acids is 1. The van der Waals surface area contributed by atoms with Crippen LogP contribution in [0.3, 0.4) is 0 Å². The lowest BCUT2D eigenvalue weighted by atomic mass is 10.0. The van der Waals surface area contributed by atoms with E-state index < -0.39 is 0 Å². The summed E-state index contributed by atoms with van der Waals surface area (Å²) in [6.45, 7) is 0.833. The van der Waals surface area contributed by atoms with Crippen molar-refractivity contribution in [3.63, 3.8) is 0 Å². The molecule has 1 saturated heterocycles. The van der Waals surface area contributed by atoms with Crippen LogP contribution in [-0.4, -0.2) is 28.7 Å². The summed E-state index contributed by atoms with van der Waals surface area (Å²) in [5, 5.41) is 1.42. The lowest BCUT2D eigenvalue weighted by Crippen LogP contribution is -2.44. The van der Waals surface area contributed by atoms with E-state index in [0.717, 1.165) is 29.2 Å². The first-order valence-corrected chi connectivity index (χ1v) is 8.24. The molecular weight excluding hydrogens is 381 g/mol. The molecule has 98 valence electrons. The molecule has 1 heterocycles. The Balaban J connectivity index is 2.23. The molecule has 0 N–H and O–H groups in total. The molecule has 0 spiro atoms. The van der Waals surface area contributed by atoms with E-state index in [2.05, 4.69) is 31.9 Å². The van der Waals surface area contributed by atoms with E-state index in [1.807, 2.05) is 11.0 Å². The first kappa shape index (κ1) is 14.4. The van der Waals surface area contributed by atoms with Gasteiger partial charge in [0.1, 0.15) is 0 Å². The number of piperidine rings is 1. The number of carbonyl (C=O) groups is 1. The first-order valence-electron chi connectivity index (χ1n) is 5.95. The van der Waals surface area contributed by atoms with Crippen LogP contribution >= 0.6 is 43.5 Å². The van der Waals surface area contributed by atoms with Gasteiger partial charge in [-0.1, -0.05) is 43.5 Å². The summed E-state index contributed by atoms with van der Waals surface area (Å²) < 4.78 is 0.839. The molecular formula is C13H14Br2ClNO. The van der Waals surface area contributed by atoms with Crippen molar-refractivity contribution in [2.75, 3.05) is 11.9 Å². The van der Waals surface area contributed by atoms with Crippen LogP contribution in [0.4, 0.5) is 0 Å². The fraction of sp³-hybridized carbons (Fsp3) is 0.462. The number of benzene rings is 1. The standard InChI is InChI=1S/C13H14Br2ClNO/c14-8-12-3-1-2-4-17(12)13(18)9-5-10(15)7-11(16)6-9/h5-7,12H,1-4,8H2. The molecule has 1 aromatic carbocycles. The molecule has 18 heavy (non-hydrogen) atoms. The van der Waals surface area contributed by atoms with Gasteiger partial charge in [-0.25, -0.2) is 0 Å². The van der Waals surface area contributed by atoms with Gasteiger partial charge in [0.05, 0.1) is 0 Å². The Labute approximate surface area is 129 Å². The van der Waals surface area contributed by atoms with Gasteiger partial charge in [-0.2, -0.15) is 0 Å². The van der Waals surface area contributed by atoms with Crippen LogP contribution in [-0.2, 0) is 0 Å². The number of rotatable bonds is 2. The molecule has 2 rings (SSSR count). The fourth-order valence-corrected chi connectivity index (χ4v) is 3.80. The SMILES string of the molecule is O=C(c1cc(Cl)cc(Br)c1)N1CCCCC1CBr. The highest BCUT2D eigenvalue weighted by atomic mass is 79.9. The minimum atomic E-state index is 0.0716. The van der Waals surface area contributed by atoms with Gasteiger partial charge in [-0.05, 0) is 37.5 Å². The normalized spacial score (nSPS) is 19.9. The maximum Gasteiger partial charge on any atom is 0.254 e. The predicted molar refractivity (Wildman–Crippen MR) is 81.6 cm³/mol. The van der Waals surface area contributed by atoms with E-state index in [9.17, 15) is 4.79 Å². The highest BCUT2D eigenvalue weighted by Crippen LogP contribution is 2.24. The maximum atomic E-state index is 12.5. The summed E-state index contributed by atoms with van der Waals surface area (Å²) >= 11 is 12.9. The van der Waals surface area contributed by atoms with E-state index in [0.29, 0.717) is 16.6 Å². The molecule has 1 unspecified atom stereocenters. The van der Waals surface area contributed by atoms with E-state index >= 15 is 0 Å². The van der Waals surface area contributed by atoms with Gasteiger partial charge >= 0.3 is 0 Å². The van der Waals surface area contributed by atoms with Crippen LogP contribution in [0.25, 0.3) is 0 Å². The zero-order chi connectivity index (χ0) is 13.1. The second kappa shape index (κ2) is 6.40. The minimum Gasteiger partial charge on any atom is -0.335 e. The Morgan fingerprint density at radius 2 is 2.17 bits per heavy atom. The third-order valence-corrected chi connectivity index (χ3v) is 4.60. The summed E-state index contributed by atoms with van der Waals surface area (Å²) in [5.74, 6) is 0.0716. The molecule has 0 aromatic heterocycles. The van der Waals surface area contributed by atoms with Gasteiger partial charge in [0, 0.05) is 33.0 Å². The van der Waals surface area contributed by atoms with Crippen LogP contribution < -0.4 is 0 Å². The van der Waals surface area contributed by atoms with E-state index in [4.69, 9.17) is 11.6 Å². The van der Waals surface area contributed by atoms with Crippen molar-refractivity contribution in [2.45, 2.75) is 25.3 Å². The van der Waals surface area contributed by atoms with E-state index in [1.54, 1.807) is 12.1 Å². The molecule has 0 radical (unpaired) electrons. The second-order valence-corrected chi connectivity index (χ2v) is 6.46. The van der Waals surface area contributed by atoms with Crippen LogP contribution in [0.15, 0.2) is 22.7 Å². The van der Waals surface area contributed by atoms with Crippen LogP contribution in [0.1, 0.15) is 29.6 Å². The molecule has 5 heteroatoms. The molecule has 1 aliphatic heterocycles. The monoisotopic (exact) mass is 393 g/mol. The second-order valence-electron chi connectivity index (χ2n) is 4.46. The Morgan fingerprint density at radius 3 is 2.83 bits per heavy atom. The number of halogens is 3. The van der Waals surface area contributed by atoms with Crippen molar-refractivity contribution >= 4 is 49.4 Å². The molecule has 1 atom stereocenters. The van der Waals surface area contributed by atoms with Gasteiger partial charge in [-0.15, -0.1) is 0 Å². The fourth-order valence-electron chi connectivity index (χ4n) is 2.27. The predicted octanol–water partition coefficient (Wildman–Crippen LogP) is 4.49. The molecule has 2 nitrogen and oxygen atoms in total. The average molecular weight is 396 g/mol. The van der Waals surface area contributed by atoms with Gasteiger partial charge in [0.15, 0.2) is 0 Å². The Bertz CT molecular complexity index is 432. The minimum absolute atomic E-state index is 0.0716. The van der Waals surface area contributed by atoms with E-state index in [1.165, 1.54) is 6.42 Å². The number of hydrogen-bond acceptors (Lipinski definition) is 1. The molecule has 1 aromatic rings. The quantitative estimate of drug-likeness (QED) is 0.676. The van der Waals surface area contributed by atoms with Crippen molar-refractivity contribution in [2.24, 2.45) is 0 Å². The van der Waals surface area contributed by atoms with Crippen molar-refractivity contribution in [1.29, 1.82) is 0 Å². The number of nitrogens with zero attached hydrogens (tertiary/aromatic N) is 1. The third kappa shape index (κ3) is 3.28. The highest BCUT2D eigenvalue weighted by Gasteiger charge is 2.26. The summed E-state index contributed by atoms with van der Waals surface area (Å²) in [4.78, 5) is 14.5. The first-order chi connectivity index (χ1) is 8.61. The van der Waals surface area contributed by atoms with Crippen LogP contribution in [0.5, 0.6) is 0 Å². The third-order valence-electron chi connectivity index (χ3n) is 3.18. The summed E-state index contributed by atoms with van der Waals surface area (Å²) in [6.07, 6.45) is 3.34. The van der Waals surface area contributed by atoms with Crippen molar-refractivity contribution in [3.05, 3.63) is 33.3 Å². The molecule has 0 saturated carbocycles. The molecule has 1 amide bonds. The Hall–Kier alpha value is -0.0600. The van der Waals surface area contributed by atoms with Crippen molar-refractivity contribution < 1.29 is 4.79 Å². The van der Waals surface area contributed by atoms with Crippen molar-refractivity contribution in [3.8, 4) is 0 Å². The number of amides is 1. The number of hydrogen-bond donors (Lipinski definition) is 0. The van der Waals surface area contributed by atoms with Gasteiger partial charge in [0.2, 0.25) is 0 Å². The smallest absolute Gasteiger partial charge is 0.254 e. The highest BCUT2D eigenvalue weighted by molar-refractivity contribution is 9.10. The maximum absolute atomic E-state index is 12.5. The molecule has 0 aliphatic carbocycles. The zero-order valence-corrected chi connectivity index (χ0v) is 13.8. The summed E-state index contributed by atoms with van der Waals surface area (Å²) in [7, 11) is 0. The molecule has 0 bridgehead atoms. The van der Waals surface area contributed by atoms with Crippen molar-refractivity contribution in [1.82, 2.24) is 4.90 Å². The largest absolute Gasteiger partial charge is 0.335 e. The summed E-state index contributed by atoms with van der Waals surface area (Å²) in [5.41, 5.74) is 0.655. The van der Waals surface area contributed by atoms with Gasteiger partial charge in [0.25, 0.3) is 5.91 Å². The van der Waals surface area contributed by atoms with E-state index in [-0.39, 0.29) is 5.91 Å². The lowest BCUT2D eigenvalue weighted by Gasteiger charge is -2.34. The average Bonchev–Trinajstić information content (AvgIpc) is 2.36. The van der Waals surface area contributed by atoms with Crippen LogP contribution in [0, 0.1) is 0 Å². The number of alkyl halides is 1.